The van der Waals surface area contributed by atoms with Gasteiger partial charge in [0.2, 0.25) is 0 Å². The smallest absolute Gasteiger partial charge is 0.152 e. The summed E-state index contributed by atoms with van der Waals surface area (Å²) in [6.45, 7) is 6.39. The lowest BCUT2D eigenvalue weighted by molar-refractivity contribution is 0.720. The van der Waals surface area contributed by atoms with Gasteiger partial charge in [-0.15, -0.1) is 0 Å². The van der Waals surface area contributed by atoms with Gasteiger partial charge in [-0.05, 0) is 25.5 Å². The molecule has 4 heteroatoms. The molecule has 0 saturated carbocycles. The number of hydrogen-bond donors (Lipinski definition) is 1. The molecule has 1 saturated heterocycles. The number of pyridine rings is 1. The van der Waals surface area contributed by atoms with E-state index in [4.69, 9.17) is 5.73 Å². The molecule has 2 heterocycles. The Morgan fingerprint density at radius 1 is 1.56 bits per heavy atom. The van der Waals surface area contributed by atoms with Gasteiger partial charge in [0.15, 0.2) is 5.82 Å². The second kappa shape index (κ2) is 4.95. The fourth-order valence-electron chi connectivity index (χ4n) is 1.97. The first-order valence-electron chi connectivity index (χ1n) is 5.80. The summed E-state index contributed by atoms with van der Waals surface area (Å²) in [4.78, 5) is 6.88. The Kier molecular flexibility index (Phi) is 3.59. The maximum absolute atomic E-state index is 6.00. The Morgan fingerprint density at radius 2 is 2.38 bits per heavy atom. The number of nitrogens with two attached hydrogens (primary N) is 1. The van der Waals surface area contributed by atoms with Crippen LogP contribution in [0.4, 0.5) is 11.5 Å². The van der Waals surface area contributed by atoms with Crippen LogP contribution >= 0.6 is 11.8 Å². The highest BCUT2D eigenvalue weighted by Crippen LogP contribution is 2.28. The van der Waals surface area contributed by atoms with Crippen LogP contribution in [0.3, 0.4) is 0 Å². The summed E-state index contributed by atoms with van der Waals surface area (Å²) in [6.07, 6.45) is 1.22. The molecule has 2 rings (SSSR count). The lowest BCUT2D eigenvalue weighted by atomic mass is 10.2. The molecule has 1 unspecified atom stereocenters. The molecular formula is C12H19N3S. The minimum atomic E-state index is 0.718. The number of hydrogen-bond acceptors (Lipinski definition) is 4. The molecule has 0 aromatic carbocycles. The van der Waals surface area contributed by atoms with E-state index in [2.05, 4.69) is 28.6 Å². The summed E-state index contributed by atoms with van der Waals surface area (Å²) in [7, 11) is 0. The van der Waals surface area contributed by atoms with Crippen LogP contribution in [0.25, 0.3) is 0 Å². The lowest BCUT2D eigenvalue weighted by Crippen LogP contribution is -2.38. The highest BCUT2D eigenvalue weighted by molar-refractivity contribution is 8.00. The van der Waals surface area contributed by atoms with E-state index >= 15 is 0 Å². The molecule has 1 aliphatic heterocycles. The molecule has 1 aromatic rings. The maximum atomic E-state index is 6.00. The molecular weight excluding hydrogens is 218 g/mol. The minimum absolute atomic E-state index is 0.718. The maximum Gasteiger partial charge on any atom is 0.152 e. The Bertz CT molecular complexity index is 367. The van der Waals surface area contributed by atoms with E-state index in [1.165, 1.54) is 12.2 Å². The standard InChI is InChI=1S/C12H19N3S/c1-3-10-8-15(6-7-16-10)12-11(13)5-4-9(2)14-12/h4-5,10H,3,6-8,13H2,1-2H3. The van der Waals surface area contributed by atoms with Crippen molar-refractivity contribution >= 4 is 23.3 Å². The third-order valence-corrected chi connectivity index (χ3v) is 4.31. The van der Waals surface area contributed by atoms with Gasteiger partial charge in [-0.1, -0.05) is 6.92 Å². The van der Waals surface area contributed by atoms with Gasteiger partial charge in [0.1, 0.15) is 0 Å². The summed E-state index contributed by atoms with van der Waals surface area (Å²) >= 11 is 2.06. The Labute approximate surface area is 101 Å². The third kappa shape index (κ3) is 2.43. The topological polar surface area (TPSA) is 42.2 Å². The molecule has 1 aromatic heterocycles. The van der Waals surface area contributed by atoms with Gasteiger partial charge in [-0.2, -0.15) is 11.8 Å². The van der Waals surface area contributed by atoms with Crippen LogP contribution in [0, 0.1) is 6.92 Å². The van der Waals surface area contributed by atoms with Crippen molar-refractivity contribution in [1.82, 2.24) is 4.98 Å². The van der Waals surface area contributed by atoms with Crippen LogP contribution in [-0.4, -0.2) is 29.1 Å². The average molecular weight is 237 g/mol. The van der Waals surface area contributed by atoms with Crippen LogP contribution in [0.5, 0.6) is 0 Å². The van der Waals surface area contributed by atoms with E-state index in [9.17, 15) is 0 Å². The number of nitrogen functional groups attached to an aromatic ring is 1. The number of aromatic nitrogens is 1. The van der Waals surface area contributed by atoms with Gasteiger partial charge in [0.25, 0.3) is 0 Å². The molecule has 1 aliphatic rings. The van der Waals surface area contributed by atoms with Crippen molar-refractivity contribution in [2.24, 2.45) is 0 Å². The van der Waals surface area contributed by atoms with Gasteiger partial charge in [0, 0.05) is 29.8 Å². The number of anilines is 2. The van der Waals surface area contributed by atoms with E-state index in [0.717, 1.165) is 35.5 Å². The van der Waals surface area contributed by atoms with Gasteiger partial charge >= 0.3 is 0 Å². The number of rotatable bonds is 2. The van der Waals surface area contributed by atoms with Crippen molar-refractivity contribution in [3.63, 3.8) is 0 Å². The van der Waals surface area contributed by atoms with Gasteiger partial charge in [-0.25, -0.2) is 4.98 Å². The molecule has 0 radical (unpaired) electrons. The molecule has 0 amide bonds. The van der Waals surface area contributed by atoms with E-state index in [1.807, 2.05) is 19.1 Å². The highest BCUT2D eigenvalue weighted by Gasteiger charge is 2.21. The number of aryl methyl sites for hydroxylation is 1. The first-order chi connectivity index (χ1) is 7.70. The second-order valence-electron chi connectivity index (χ2n) is 4.21. The van der Waals surface area contributed by atoms with E-state index in [-0.39, 0.29) is 0 Å². The molecule has 0 aliphatic carbocycles. The number of nitrogens with zero attached hydrogens (tertiary/aromatic N) is 2. The first-order valence-corrected chi connectivity index (χ1v) is 6.85. The summed E-state index contributed by atoms with van der Waals surface area (Å²) < 4.78 is 0. The SMILES string of the molecule is CCC1CN(c2nc(C)ccc2N)CCS1. The predicted molar refractivity (Wildman–Crippen MR) is 72.1 cm³/mol. The molecule has 1 fully saturated rings. The molecule has 0 bridgehead atoms. The van der Waals surface area contributed by atoms with Gasteiger partial charge in [0.05, 0.1) is 5.69 Å². The fraction of sp³-hybridized carbons (Fsp3) is 0.583. The molecule has 0 spiro atoms. The van der Waals surface area contributed by atoms with Gasteiger partial charge < -0.3 is 10.6 Å². The van der Waals surface area contributed by atoms with Crippen molar-refractivity contribution in [3.8, 4) is 0 Å². The normalized spacial score (nSPS) is 21.1. The van der Waals surface area contributed by atoms with Crippen LogP contribution in [0.15, 0.2) is 12.1 Å². The van der Waals surface area contributed by atoms with E-state index in [1.54, 1.807) is 0 Å². The Morgan fingerprint density at radius 3 is 3.12 bits per heavy atom. The largest absolute Gasteiger partial charge is 0.396 e. The highest BCUT2D eigenvalue weighted by atomic mass is 32.2. The summed E-state index contributed by atoms with van der Waals surface area (Å²) in [5.74, 6) is 2.15. The first kappa shape index (κ1) is 11.6. The lowest BCUT2D eigenvalue weighted by Gasteiger charge is -2.33. The molecule has 2 N–H and O–H groups in total. The van der Waals surface area contributed by atoms with Crippen molar-refractivity contribution in [3.05, 3.63) is 17.8 Å². The van der Waals surface area contributed by atoms with Crippen molar-refractivity contribution in [2.45, 2.75) is 25.5 Å². The summed E-state index contributed by atoms with van der Waals surface area (Å²) in [5, 5.41) is 0.718. The van der Waals surface area contributed by atoms with Crippen molar-refractivity contribution < 1.29 is 0 Å². The molecule has 1 atom stereocenters. The quantitative estimate of drug-likeness (QED) is 0.857. The molecule has 88 valence electrons. The second-order valence-corrected chi connectivity index (χ2v) is 5.62. The predicted octanol–water partition coefficient (Wildman–Crippen LogP) is 2.30. The number of thioether (sulfide) groups is 1. The monoisotopic (exact) mass is 237 g/mol. The Balaban J connectivity index is 2.19. The van der Waals surface area contributed by atoms with Crippen LogP contribution in [-0.2, 0) is 0 Å². The zero-order valence-electron chi connectivity index (χ0n) is 9.94. The summed E-state index contributed by atoms with van der Waals surface area (Å²) in [6, 6.07) is 3.93. The van der Waals surface area contributed by atoms with Crippen LogP contribution in [0.2, 0.25) is 0 Å². The minimum Gasteiger partial charge on any atom is -0.396 e. The third-order valence-electron chi connectivity index (χ3n) is 2.94. The van der Waals surface area contributed by atoms with Crippen molar-refractivity contribution in [2.75, 3.05) is 29.5 Å². The van der Waals surface area contributed by atoms with Crippen LogP contribution < -0.4 is 10.6 Å². The van der Waals surface area contributed by atoms with Gasteiger partial charge in [-0.3, -0.25) is 0 Å². The van der Waals surface area contributed by atoms with Crippen LogP contribution in [0.1, 0.15) is 19.0 Å². The van der Waals surface area contributed by atoms with E-state index < -0.39 is 0 Å². The zero-order valence-corrected chi connectivity index (χ0v) is 10.8. The molecule has 16 heavy (non-hydrogen) atoms. The van der Waals surface area contributed by atoms with Crippen molar-refractivity contribution in [1.29, 1.82) is 0 Å². The summed E-state index contributed by atoms with van der Waals surface area (Å²) in [5.41, 5.74) is 7.83. The van der Waals surface area contributed by atoms with E-state index in [0.29, 0.717) is 0 Å². The average Bonchev–Trinajstić information content (AvgIpc) is 2.32. The zero-order chi connectivity index (χ0) is 11.5. The molecule has 3 nitrogen and oxygen atoms in total. The Hall–Kier alpha value is -0.900. The fourth-order valence-corrected chi connectivity index (χ4v) is 3.15.